The van der Waals surface area contributed by atoms with Crippen molar-refractivity contribution in [2.75, 3.05) is 26.4 Å². The third-order valence-electron chi connectivity index (χ3n) is 3.60. The molecule has 1 saturated heterocycles. The van der Waals surface area contributed by atoms with Gasteiger partial charge in [-0.05, 0) is 20.8 Å². The van der Waals surface area contributed by atoms with Crippen molar-refractivity contribution in [3.63, 3.8) is 0 Å². The number of nitrogens with zero attached hydrogens (tertiary/aromatic N) is 2. The second-order valence-corrected chi connectivity index (χ2v) is 4.95. The average Bonchev–Trinajstić information content (AvgIpc) is 2.48. The molecule has 1 fully saturated rings. The number of hydrogen-bond acceptors (Lipinski definition) is 6. The lowest BCUT2D eigenvalue weighted by Crippen LogP contribution is -2.38. The molecule has 2 heterocycles. The number of aryl methyl sites for hydroxylation is 1. The molecule has 1 aromatic rings. The second kappa shape index (κ2) is 6.95. The van der Waals surface area contributed by atoms with Gasteiger partial charge in [-0.2, -0.15) is 0 Å². The van der Waals surface area contributed by atoms with Crippen molar-refractivity contribution in [2.45, 2.75) is 39.2 Å². The predicted octanol–water partition coefficient (Wildman–Crippen LogP) is 2.00. The van der Waals surface area contributed by atoms with E-state index in [1.165, 1.54) is 6.20 Å². The zero-order valence-electron chi connectivity index (χ0n) is 12.8. The van der Waals surface area contributed by atoms with Crippen molar-refractivity contribution < 1.29 is 19.0 Å². The maximum absolute atomic E-state index is 11.8. The van der Waals surface area contributed by atoms with Crippen LogP contribution in [0.1, 0.15) is 48.6 Å². The highest BCUT2D eigenvalue weighted by Gasteiger charge is 2.38. The molecule has 0 unspecified atom stereocenters. The third kappa shape index (κ3) is 3.39. The van der Waals surface area contributed by atoms with Gasteiger partial charge in [0.25, 0.3) is 0 Å². The van der Waals surface area contributed by atoms with Crippen LogP contribution in [-0.4, -0.2) is 42.4 Å². The number of aromatic nitrogens is 2. The molecule has 1 aliphatic heterocycles. The lowest BCUT2D eigenvalue weighted by Gasteiger charge is -2.35. The van der Waals surface area contributed by atoms with Crippen LogP contribution in [0.15, 0.2) is 6.20 Å². The minimum absolute atomic E-state index is 0.334. The van der Waals surface area contributed by atoms with Crippen LogP contribution >= 0.6 is 0 Å². The molecule has 116 valence electrons. The van der Waals surface area contributed by atoms with E-state index in [4.69, 9.17) is 14.2 Å². The molecule has 0 bridgehead atoms. The molecule has 21 heavy (non-hydrogen) atoms. The van der Waals surface area contributed by atoms with Crippen LogP contribution < -0.4 is 0 Å². The number of ether oxygens (including phenoxy) is 3. The highest BCUT2D eigenvalue weighted by atomic mass is 16.5. The molecule has 6 nitrogen and oxygen atoms in total. The van der Waals surface area contributed by atoms with Crippen LogP contribution in [-0.2, 0) is 19.8 Å². The maximum Gasteiger partial charge on any atom is 0.341 e. The van der Waals surface area contributed by atoms with Gasteiger partial charge in [-0.25, -0.2) is 14.8 Å². The number of carbonyl (C=O) groups excluding carboxylic acids is 1. The Labute approximate surface area is 124 Å². The Kier molecular flexibility index (Phi) is 5.25. The minimum atomic E-state index is -0.509. The molecule has 1 aliphatic rings. The molecular weight excluding hydrogens is 272 g/mol. The summed E-state index contributed by atoms with van der Waals surface area (Å²) in [5, 5.41) is 0. The van der Waals surface area contributed by atoms with E-state index in [9.17, 15) is 4.79 Å². The first-order valence-electron chi connectivity index (χ1n) is 7.36. The van der Waals surface area contributed by atoms with E-state index in [2.05, 4.69) is 9.97 Å². The quantitative estimate of drug-likeness (QED) is 0.774. The van der Waals surface area contributed by atoms with E-state index in [1.54, 1.807) is 13.8 Å². The summed E-state index contributed by atoms with van der Waals surface area (Å²) in [4.78, 5) is 20.7. The summed E-state index contributed by atoms with van der Waals surface area (Å²) in [7, 11) is 0. The van der Waals surface area contributed by atoms with Gasteiger partial charge in [-0.15, -0.1) is 0 Å². The third-order valence-corrected chi connectivity index (χ3v) is 3.60. The van der Waals surface area contributed by atoms with Gasteiger partial charge >= 0.3 is 5.97 Å². The molecule has 0 aromatic carbocycles. The molecule has 0 aliphatic carbocycles. The summed E-state index contributed by atoms with van der Waals surface area (Å²) >= 11 is 0. The van der Waals surface area contributed by atoms with E-state index in [0.717, 1.165) is 12.8 Å². The van der Waals surface area contributed by atoms with E-state index in [1.807, 2.05) is 6.92 Å². The normalized spacial score (nSPS) is 17.5. The Hall–Kier alpha value is -1.53. The smallest absolute Gasteiger partial charge is 0.341 e. The highest BCUT2D eigenvalue weighted by Crippen LogP contribution is 2.34. The fourth-order valence-corrected chi connectivity index (χ4v) is 2.51. The van der Waals surface area contributed by atoms with Crippen LogP contribution in [0.25, 0.3) is 0 Å². The van der Waals surface area contributed by atoms with E-state index < -0.39 is 5.60 Å². The number of rotatable bonds is 5. The number of esters is 1. The topological polar surface area (TPSA) is 70.5 Å². The van der Waals surface area contributed by atoms with Crippen LogP contribution in [0.2, 0.25) is 0 Å². The maximum atomic E-state index is 11.8. The van der Waals surface area contributed by atoms with Gasteiger partial charge in [0.1, 0.15) is 5.60 Å². The number of carbonyl (C=O) groups is 1. The standard InChI is InChI=1S/C15H22N2O4/c1-4-20-13(18)12-10-16-14(17-11(12)3)15(21-5-2)6-8-19-9-7-15/h10H,4-9H2,1-3H3. The lowest BCUT2D eigenvalue weighted by molar-refractivity contribution is -0.118. The van der Waals surface area contributed by atoms with Crippen molar-refractivity contribution in [2.24, 2.45) is 0 Å². The molecule has 0 amide bonds. The summed E-state index contributed by atoms with van der Waals surface area (Å²) in [6, 6.07) is 0. The Bertz CT molecular complexity index is 493. The molecule has 0 atom stereocenters. The highest BCUT2D eigenvalue weighted by molar-refractivity contribution is 5.90. The van der Waals surface area contributed by atoms with Crippen molar-refractivity contribution in [1.82, 2.24) is 9.97 Å². The Balaban J connectivity index is 2.30. The first-order chi connectivity index (χ1) is 10.1. The summed E-state index contributed by atoms with van der Waals surface area (Å²) in [6.07, 6.45) is 2.98. The molecule has 0 spiro atoms. The Morgan fingerprint density at radius 2 is 2.05 bits per heavy atom. The van der Waals surface area contributed by atoms with Crippen molar-refractivity contribution in [1.29, 1.82) is 0 Å². The fraction of sp³-hybridized carbons (Fsp3) is 0.667. The molecular formula is C15H22N2O4. The van der Waals surface area contributed by atoms with Gasteiger partial charge in [0, 0.05) is 38.9 Å². The Morgan fingerprint density at radius 1 is 1.33 bits per heavy atom. The minimum Gasteiger partial charge on any atom is -0.462 e. The summed E-state index contributed by atoms with van der Waals surface area (Å²) in [5.41, 5.74) is 0.508. The summed E-state index contributed by atoms with van der Waals surface area (Å²) < 4.78 is 16.3. The largest absolute Gasteiger partial charge is 0.462 e. The van der Waals surface area contributed by atoms with Gasteiger partial charge in [0.05, 0.1) is 17.9 Å². The second-order valence-electron chi connectivity index (χ2n) is 4.95. The van der Waals surface area contributed by atoms with Gasteiger partial charge in [0.2, 0.25) is 0 Å². The SMILES string of the molecule is CCOC(=O)c1cnc(C2(OCC)CCOCC2)nc1C. The molecule has 2 rings (SSSR count). The van der Waals surface area contributed by atoms with Gasteiger partial charge in [0.15, 0.2) is 5.82 Å². The molecule has 6 heteroatoms. The molecule has 0 saturated carbocycles. The van der Waals surface area contributed by atoms with E-state index in [0.29, 0.717) is 43.5 Å². The first kappa shape index (κ1) is 15.9. The van der Waals surface area contributed by atoms with E-state index in [-0.39, 0.29) is 5.97 Å². The van der Waals surface area contributed by atoms with Crippen LogP contribution in [0.4, 0.5) is 0 Å². The molecule has 0 radical (unpaired) electrons. The monoisotopic (exact) mass is 294 g/mol. The van der Waals surface area contributed by atoms with Crippen molar-refractivity contribution in [3.8, 4) is 0 Å². The molecule has 1 aromatic heterocycles. The zero-order valence-corrected chi connectivity index (χ0v) is 12.8. The summed E-state index contributed by atoms with van der Waals surface area (Å²) in [5.74, 6) is 0.234. The van der Waals surface area contributed by atoms with Crippen LogP contribution in [0.3, 0.4) is 0 Å². The van der Waals surface area contributed by atoms with Gasteiger partial charge < -0.3 is 14.2 Å². The van der Waals surface area contributed by atoms with Crippen LogP contribution in [0.5, 0.6) is 0 Å². The van der Waals surface area contributed by atoms with Crippen molar-refractivity contribution in [3.05, 3.63) is 23.3 Å². The predicted molar refractivity (Wildman–Crippen MR) is 76.1 cm³/mol. The number of hydrogen-bond donors (Lipinski definition) is 0. The zero-order chi connectivity index (χ0) is 15.3. The first-order valence-corrected chi connectivity index (χ1v) is 7.36. The molecule has 0 N–H and O–H groups in total. The Morgan fingerprint density at radius 3 is 2.62 bits per heavy atom. The average molecular weight is 294 g/mol. The van der Waals surface area contributed by atoms with Gasteiger partial charge in [-0.1, -0.05) is 0 Å². The fourth-order valence-electron chi connectivity index (χ4n) is 2.51. The van der Waals surface area contributed by atoms with Crippen LogP contribution in [0, 0.1) is 6.92 Å². The van der Waals surface area contributed by atoms with Gasteiger partial charge in [-0.3, -0.25) is 0 Å². The van der Waals surface area contributed by atoms with E-state index >= 15 is 0 Å². The lowest BCUT2D eigenvalue weighted by atomic mass is 9.92. The summed E-state index contributed by atoms with van der Waals surface area (Å²) in [6.45, 7) is 7.69. The van der Waals surface area contributed by atoms with Crippen molar-refractivity contribution >= 4 is 5.97 Å².